The maximum Gasteiger partial charge on any atom is 0.166 e. The van der Waals surface area contributed by atoms with E-state index in [-0.39, 0.29) is 5.70 Å². The van der Waals surface area contributed by atoms with Crippen LogP contribution in [-0.4, -0.2) is 12.5 Å². The van der Waals surface area contributed by atoms with Crippen LogP contribution in [0.5, 0.6) is 0 Å². The van der Waals surface area contributed by atoms with Gasteiger partial charge in [0.2, 0.25) is 0 Å². The molecule has 0 saturated heterocycles. The molecule has 0 aliphatic rings. The van der Waals surface area contributed by atoms with Crippen LogP contribution >= 0.6 is 11.8 Å². The highest BCUT2D eigenvalue weighted by Crippen LogP contribution is 1.93. The molecule has 0 aromatic heterocycles. The second-order valence-corrected chi connectivity index (χ2v) is 1.68. The van der Waals surface area contributed by atoms with Crippen LogP contribution < -0.4 is 5.73 Å². The molecule has 0 atom stereocenters. The standard InChI is InChI=1S/C4H7NOS/c1-7-3-4(5)2-6/h2-3H,5H2,1H3/b4-3-. The first-order chi connectivity index (χ1) is 3.31. The molecule has 0 saturated carbocycles. The minimum Gasteiger partial charge on any atom is -0.396 e. The van der Waals surface area contributed by atoms with Gasteiger partial charge in [-0.2, -0.15) is 0 Å². The molecule has 0 rings (SSSR count). The summed E-state index contributed by atoms with van der Waals surface area (Å²) in [6.45, 7) is 0. The fraction of sp³-hybridized carbons (Fsp3) is 0.250. The number of carbonyl (C=O) groups is 1. The Balaban J connectivity index is 3.49. The Morgan fingerprint density at radius 3 is 2.57 bits per heavy atom. The summed E-state index contributed by atoms with van der Waals surface area (Å²) < 4.78 is 0. The molecule has 2 nitrogen and oxygen atoms in total. The highest BCUT2D eigenvalue weighted by atomic mass is 32.2. The first-order valence-corrected chi connectivity index (χ1v) is 3.03. The summed E-state index contributed by atoms with van der Waals surface area (Å²) in [6, 6.07) is 0. The fourth-order valence-electron chi connectivity index (χ4n) is 0.164. The number of nitrogens with two attached hydrogens (primary N) is 1. The fourth-order valence-corrected chi connectivity index (χ4v) is 0.492. The van der Waals surface area contributed by atoms with E-state index < -0.39 is 0 Å². The van der Waals surface area contributed by atoms with Gasteiger partial charge in [0.15, 0.2) is 6.29 Å². The Kier molecular flexibility index (Phi) is 3.50. The van der Waals surface area contributed by atoms with E-state index in [1.165, 1.54) is 11.8 Å². The molecule has 40 valence electrons. The zero-order valence-electron chi connectivity index (χ0n) is 4.05. The smallest absolute Gasteiger partial charge is 0.166 e. The average Bonchev–Trinajstić information content (AvgIpc) is 1.68. The van der Waals surface area contributed by atoms with Crippen molar-refractivity contribution in [1.82, 2.24) is 0 Å². The Bertz CT molecular complexity index is 89.7. The van der Waals surface area contributed by atoms with Gasteiger partial charge in [-0.05, 0) is 11.7 Å². The molecule has 2 N–H and O–H groups in total. The lowest BCUT2D eigenvalue weighted by Gasteiger charge is -1.80. The molecular weight excluding hydrogens is 110 g/mol. The molecule has 0 heterocycles. The summed E-state index contributed by atoms with van der Waals surface area (Å²) in [6.07, 6.45) is 2.47. The van der Waals surface area contributed by atoms with E-state index in [4.69, 9.17) is 5.73 Å². The molecule has 0 aliphatic carbocycles. The van der Waals surface area contributed by atoms with E-state index in [1.807, 2.05) is 6.26 Å². The van der Waals surface area contributed by atoms with Crippen LogP contribution in [0.25, 0.3) is 0 Å². The van der Waals surface area contributed by atoms with Gasteiger partial charge in [0, 0.05) is 0 Å². The molecule has 0 aromatic carbocycles. The van der Waals surface area contributed by atoms with Crippen molar-refractivity contribution in [2.75, 3.05) is 6.26 Å². The van der Waals surface area contributed by atoms with Crippen molar-refractivity contribution in [3.05, 3.63) is 11.1 Å². The molecule has 7 heavy (non-hydrogen) atoms. The third-order valence-corrected chi connectivity index (χ3v) is 0.898. The number of hydrogen-bond acceptors (Lipinski definition) is 3. The molecule has 0 radical (unpaired) electrons. The topological polar surface area (TPSA) is 43.1 Å². The number of hydrogen-bond donors (Lipinski definition) is 1. The summed E-state index contributed by atoms with van der Waals surface area (Å²) in [7, 11) is 0. The monoisotopic (exact) mass is 117 g/mol. The van der Waals surface area contributed by atoms with Gasteiger partial charge < -0.3 is 5.73 Å². The Morgan fingerprint density at radius 1 is 1.86 bits per heavy atom. The Hall–Kier alpha value is -0.440. The van der Waals surface area contributed by atoms with Crippen molar-refractivity contribution >= 4 is 18.0 Å². The van der Waals surface area contributed by atoms with Crippen molar-refractivity contribution in [2.24, 2.45) is 5.73 Å². The second kappa shape index (κ2) is 3.74. The van der Waals surface area contributed by atoms with Crippen LogP contribution in [0.4, 0.5) is 0 Å². The van der Waals surface area contributed by atoms with Crippen LogP contribution in [0.15, 0.2) is 11.1 Å². The second-order valence-electron chi connectivity index (χ2n) is 0.971. The SMILES string of the molecule is CS/C=C(\N)C=O. The molecule has 3 heteroatoms. The first kappa shape index (κ1) is 6.56. The number of allylic oxidation sites excluding steroid dienone is 1. The lowest BCUT2D eigenvalue weighted by atomic mass is 10.6. The highest BCUT2D eigenvalue weighted by Gasteiger charge is 1.77. The van der Waals surface area contributed by atoms with E-state index in [0.717, 1.165) is 0 Å². The van der Waals surface area contributed by atoms with Gasteiger partial charge in [-0.1, -0.05) is 0 Å². The van der Waals surface area contributed by atoms with Crippen molar-refractivity contribution in [3.8, 4) is 0 Å². The van der Waals surface area contributed by atoms with Crippen LogP contribution in [0.2, 0.25) is 0 Å². The average molecular weight is 117 g/mol. The largest absolute Gasteiger partial charge is 0.396 e. The number of rotatable bonds is 2. The van der Waals surface area contributed by atoms with Crippen LogP contribution in [0, 0.1) is 0 Å². The Morgan fingerprint density at radius 2 is 2.43 bits per heavy atom. The van der Waals surface area contributed by atoms with Crippen molar-refractivity contribution in [3.63, 3.8) is 0 Å². The van der Waals surface area contributed by atoms with Crippen LogP contribution in [-0.2, 0) is 4.79 Å². The van der Waals surface area contributed by atoms with Crippen LogP contribution in [0.3, 0.4) is 0 Å². The normalized spacial score (nSPS) is 11.3. The van der Waals surface area contributed by atoms with E-state index in [0.29, 0.717) is 6.29 Å². The van der Waals surface area contributed by atoms with Crippen molar-refractivity contribution in [2.45, 2.75) is 0 Å². The lowest BCUT2D eigenvalue weighted by Crippen LogP contribution is -1.95. The minimum absolute atomic E-state index is 0.285. The molecule has 0 aliphatic heterocycles. The third-order valence-electron chi connectivity index (χ3n) is 0.390. The number of aldehydes is 1. The molecule has 0 aromatic rings. The lowest BCUT2D eigenvalue weighted by molar-refractivity contribution is -0.104. The van der Waals surface area contributed by atoms with Gasteiger partial charge in [-0.3, -0.25) is 4.79 Å². The molecule has 0 bridgehead atoms. The molecule has 0 fully saturated rings. The van der Waals surface area contributed by atoms with E-state index in [9.17, 15) is 4.79 Å². The molecule has 0 amide bonds. The van der Waals surface area contributed by atoms with E-state index in [2.05, 4.69) is 0 Å². The van der Waals surface area contributed by atoms with Gasteiger partial charge >= 0.3 is 0 Å². The number of carbonyl (C=O) groups excluding carboxylic acids is 1. The zero-order valence-corrected chi connectivity index (χ0v) is 4.87. The molecular formula is C4H7NOS. The maximum atomic E-state index is 9.69. The number of thioether (sulfide) groups is 1. The van der Waals surface area contributed by atoms with Gasteiger partial charge in [0.25, 0.3) is 0 Å². The maximum absolute atomic E-state index is 9.69. The van der Waals surface area contributed by atoms with E-state index in [1.54, 1.807) is 5.41 Å². The highest BCUT2D eigenvalue weighted by molar-refractivity contribution is 8.01. The van der Waals surface area contributed by atoms with Gasteiger partial charge in [-0.25, -0.2) is 0 Å². The predicted molar refractivity (Wildman–Crippen MR) is 31.8 cm³/mol. The third kappa shape index (κ3) is 3.39. The van der Waals surface area contributed by atoms with Gasteiger partial charge in [0.1, 0.15) is 0 Å². The summed E-state index contributed by atoms with van der Waals surface area (Å²) in [5.74, 6) is 0. The zero-order chi connectivity index (χ0) is 5.70. The summed E-state index contributed by atoms with van der Waals surface area (Å²) in [5, 5.41) is 1.59. The predicted octanol–water partition coefficient (Wildman–Crippen LogP) is 0.348. The van der Waals surface area contributed by atoms with Gasteiger partial charge in [-0.15, -0.1) is 11.8 Å². The van der Waals surface area contributed by atoms with Gasteiger partial charge in [0.05, 0.1) is 5.70 Å². The summed E-state index contributed by atoms with van der Waals surface area (Å²) >= 11 is 1.42. The van der Waals surface area contributed by atoms with Crippen LogP contribution in [0.1, 0.15) is 0 Å². The molecule has 0 spiro atoms. The Labute approximate surface area is 46.8 Å². The minimum atomic E-state index is 0.285. The van der Waals surface area contributed by atoms with E-state index >= 15 is 0 Å². The summed E-state index contributed by atoms with van der Waals surface area (Å²) in [4.78, 5) is 9.69. The quantitative estimate of drug-likeness (QED) is 0.419. The van der Waals surface area contributed by atoms with Crippen molar-refractivity contribution in [1.29, 1.82) is 0 Å². The van der Waals surface area contributed by atoms with Crippen molar-refractivity contribution < 1.29 is 4.79 Å². The first-order valence-electron chi connectivity index (χ1n) is 1.75. The molecule has 0 unspecified atom stereocenters. The summed E-state index contributed by atoms with van der Waals surface area (Å²) in [5.41, 5.74) is 5.34.